The van der Waals surface area contributed by atoms with Gasteiger partial charge in [-0.3, -0.25) is 0 Å². The smallest absolute Gasteiger partial charge is 0.387 e. The fourth-order valence-corrected chi connectivity index (χ4v) is 1.73. The Morgan fingerprint density at radius 2 is 2.00 bits per heavy atom. The maximum absolute atomic E-state index is 12.0. The first-order valence-electron chi connectivity index (χ1n) is 5.89. The summed E-state index contributed by atoms with van der Waals surface area (Å²) < 4.78 is 28.3. The molecule has 1 aromatic carbocycles. The highest BCUT2D eigenvalue weighted by molar-refractivity contribution is 5.59. The maximum Gasteiger partial charge on any atom is 0.387 e. The van der Waals surface area contributed by atoms with E-state index in [2.05, 4.69) is 14.7 Å². The standard InChI is InChI=1S/C13H15F2N3O/c1-8(16)6-12-17-7-11(18-12)9-2-4-10(5-3-9)19-13(14)15/h2-5,7-8,13H,6,16H2,1H3,(H,17,18). The number of nitrogens with two attached hydrogens (primary N) is 1. The number of aromatic amines is 1. The van der Waals surface area contributed by atoms with Crippen LogP contribution < -0.4 is 10.5 Å². The van der Waals surface area contributed by atoms with Gasteiger partial charge in [0.15, 0.2) is 0 Å². The largest absolute Gasteiger partial charge is 0.435 e. The van der Waals surface area contributed by atoms with Gasteiger partial charge in [0, 0.05) is 12.5 Å². The van der Waals surface area contributed by atoms with Crippen molar-refractivity contribution in [1.29, 1.82) is 0 Å². The van der Waals surface area contributed by atoms with Crippen molar-refractivity contribution in [2.75, 3.05) is 0 Å². The minimum Gasteiger partial charge on any atom is -0.435 e. The van der Waals surface area contributed by atoms with Crippen LogP contribution in [0.15, 0.2) is 30.5 Å². The highest BCUT2D eigenvalue weighted by atomic mass is 19.3. The summed E-state index contributed by atoms with van der Waals surface area (Å²) in [7, 11) is 0. The van der Waals surface area contributed by atoms with Crippen molar-refractivity contribution in [1.82, 2.24) is 9.97 Å². The first-order valence-corrected chi connectivity index (χ1v) is 5.89. The SMILES string of the molecule is CC(N)Cc1ncc(-c2ccc(OC(F)F)cc2)[nH]1. The van der Waals surface area contributed by atoms with Crippen LogP contribution in [-0.2, 0) is 6.42 Å². The topological polar surface area (TPSA) is 63.9 Å². The monoisotopic (exact) mass is 267 g/mol. The average Bonchev–Trinajstić information content (AvgIpc) is 2.76. The molecule has 1 heterocycles. The molecule has 102 valence electrons. The quantitative estimate of drug-likeness (QED) is 0.875. The Hall–Kier alpha value is -1.95. The Labute approximate surface area is 109 Å². The Balaban J connectivity index is 2.11. The van der Waals surface area contributed by atoms with Crippen LogP contribution in [0.3, 0.4) is 0 Å². The van der Waals surface area contributed by atoms with Gasteiger partial charge in [0.25, 0.3) is 0 Å². The summed E-state index contributed by atoms with van der Waals surface area (Å²) in [5, 5.41) is 0. The number of imidazole rings is 1. The molecule has 4 nitrogen and oxygen atoms in total. The van der Waals surface area contributed by atoms with Crippen LogP contribution >= 0.6 is 0 Å². The molecule has 1 unspecified atom stereocenters. The van der Waals surface area contributed by atoms with Gasteiger partial charge in [-0.15, -0.1) is 0 Å². The maximum atomic E-state index is 12.0. The molecule has 0 amide bonds. The molecule has 2 rings (SSSR count). The van der Waals surface area contributed by atoms with E-state index in [1.165, 1.54) is 12.1 Å². The summed E-state index contributed by atoms with van der Waals surface area (Å²) in [4.78, 5) is 7.36. The summed E-state index contributed by atoms with van der Waals surface area (Å²) in [5.41, 5.74) is 7.36. The van der Waals surface area contributed by atoms with E-state index < -0.39 is 6.61 Å². The zero-order valence-corrected chi connectivity index (χ0v) is 10.4. The van der Waals surface area contributed by atoms with Gasteiger partial charge in [-0.2, -0.15) is 8.78 Å². The summed E-state index contributed by atoms with van der Waals surface area (Å²) in [6.07, 6.45) is 2.35. The number of nitrogens with zero attached hydrogens (tertiary/aromatic N) is 1. The predicted molar refractivity (Wildman–Crippen MR) is 68.0 cm³/mol. The van der Waals surface area contributed by atoms with Crippen molar-refractivity contribution in [2.45, 2.75) is 26.0 Å². The number of nitrogens with one attached hydrogen (secondary N) is 1. The van der Waals surface area contributed by atoms with Gasteiger partial charge >= 0.3 is 6.61 Å². The lowest BCUT2D eigenvalue weighted by Gasteiger charge is -2.04. The van der Waals surface area contributed by atoms with Crippen LogP contribution in [0, 0.1) is 0 Å². The first-order chi connectivity index (χ1) is 9.04. The van der Waals surface area contributed by atoms with E-state index in [0.717, 1.165) is 17.1 Å². The number of alkyl halides is 2. The normalized spacial score (nSPS) is 12.7. The molecule has 0 aliphatic rings. The molecule has 0 aliphatic carbocycles. The van der Waals surface area contributed by atoms with Gasteiger partial charge in [0.1, 0.15) is 11.6 Å². The first kappa shape index (κ1) is 13.5. The highest BCUT2D eigenvalue weighted by Crippen LogP contribution is 2.22. The molecule has 19 heavy (non-hydrogen) atoms. The molecule has 2 aromatic rings. The summed E-state index contributed by atoms with van der Waals surface area (Å²) >= 11 is 0. The number of benzene rings is 1. The van der Waals surface area contributed by atoms with E-state index in [1.54, 1.807) is 18.3 Å². The van der Waals surface area contributed by atoms with Crippen molar-refractivity contribution >= 4 is 0 Å². The minimum atomic E-state index is -2.81. The van der Waals surface area contributed by atoms with E-state index in [4.69, 9.17) is 5.73 Å². The minimum absolute atomic E-state index is 0.0285. The van der Waals surface area contributed by atoms with Crippen molar-refractivity contribution in [3.8, 4) is 17.0 Å². The lowest BCUT2D eigenvalue weighted by atomic mass is 10.1. The third-order valence-electron chi connectivity index (χ3n) is 2.53. The number of hydrogen-bond acceptors (Lipinski definition) is 3. The summed E-state index contributed by atoms with van der Waals surface area (Å²) in [6, 6.07) is 6.41. The fraction of sp³-hybridized carbons (Fsp3) is 0.308. The van der Waals surface area contributed by atoms with Gasteiger partial charge in [0.2, 0.25) is 0 Å². The predicted octanol–water partition coefficient (Wildman–Crippen LogP) is 2.57. The molecule has 0 spiro atoms. The van der Waals surface area contributed by atoms with Crippen LogP contribution in [-0.4, -0.2) is 22.6 Å². The third kappa shape index (κ3) is 3.75. The van der Waals surface area contributed by atoms with Crippen molar-refractivity contribution in [3.05, 3.63) is 36.3 Å². The zero-order chi connectivity index (χ0) is 13.8. The van der Waals surface area contributed by atoms with Crippen molar-refractivity contribution < 1.29 is 13.5 Å². The molecule has 0 bridgehead atoms. The summed E-state index contributed by atoms with van der Waals surface area (Å²) in [5.74, 6) is 0.937. The van der Waals surface area contributed by atoms with E-state index >= 15 is 0 Å². The van der Waals surface area contributed by atoms with Gasteiger partial charge < -0.3 is 15.5 Å². The van der Waals surface area contributed by atoms with Crippen LogP contribution in [0.25, 0.3) is 11.3 Å². The number of hydrogen-bond donors (Lipinski definition) is 2. The Morgan fingerprint density at radius 3 is 2.58 bits per heavy atom. The van der Waals surface area contributed by atoms with Crippen LogP contribution in [0.4, 0.5) is 8.78 Å². The number of halogens is 2. The molecule has 6 heteroatoms. The molecule has 0 saturated heterocycles. The van der Waals surface area contributed by atoms with E-state index in [0.29, 0.717) is 6.42 Å². The van der Waals surface area contributed by atoms with Crippen molar-refractivity contribution in [3.63, 3.8) is 0 Å². The van der Waals surface area contributed by atoms with E-state index in [9.17, 15) is 8.78 Å². The van der Waals surface area contributed by atoms with E-state index in [-0.39, 0.29) is 11.8 Å². The summed E-state index contributed by atoms with van der Waals surface area (Å²) in [6.45, 7) is -0.908. The van der Waals surface area contributed by atoms with Crippen LogP contribution in [0.1, 0.15) is 12.7 Å². The van der Waals surface area contributed by atoms with Crippen LogP contribution in [0.5, 0.6) is 5.75 Å². The fourth-order valence-electron chi connectivity index (χ4n) is 1.73. The molecule has 1 aromatic heterocycles. The lowest BCUT2D eigenvalue weighted by molar-refractivity contribution is -0.0498. The second kappa shape index (κ2) is 5.79. The molecule has 3 N–H and O–H groups in total. The average molecular weight is 267 g/mol. The molecule has 0 saturated carbocycles. The zero-order valence-electron chi connectivity index (χ0n) is 10.4. The molecular formula is C13H15F2N3O. The van der Waals surface area contributed by atoms with Crippen molar-refractivity contribution in [2.24, 2.45) is 5.73 Å². The second-order valence-corrected chi connectivity index (χ2v) is 4.33. The second-order valence-electron chi connectivity index (χ2n) is 4.33. The van der Waals surface area contributed by atoms with Gasteiger partial charge in [-0.1, -0.05) is 0 Å². The molecule has 1 atom stereocenters. The highest BCUT2D eigenvalue weighted by Gasteiger charge is 2.07. The van der Waals surface area contributed by atoms with Gasteiger partial charge in [0.05, 0.1) is 11.9 Å². The Kier molecular flexibility index (Phi) is 4.11. The Bertz CT molecular complexity index is 523. The molecular weight excluding hydrogens is 252 g/mol. The number of aromatic nitrogens is 2. The molecule has 0 aliphatic heterocycles. The molecule has 0 fully saturated rings. The van der Waals surface area contributed by atoms with E-state index in [1.807, 2.05) is 6.92 Å². The number of ether oxygens (including phenoxy) is 1. The number of H-pyrrole nitrogens is 1. The number of rotatable bonds is 5. The molecule has 0 radical (unpaired) electrons. The third-order valence-corrected chi connectivity index (χ3v) is 2.53. The van der Waals surface area contributed by atoms with Crippen LogP contribution in [0.2, 0.25) is 0 Å². The van der Waals surface area contributed by atoms with Gasteiger partial charge in [-0.05, 0) is 36.8 Å². The Morgan fingerprint density at radius 1 is 1.32 bits per heavy atom. The van der Waals surface area contributed by atoms with Gasteiger partial charge in [-0.25, -0.2) is 4.98 Å². The lowest BCUT2D eigenvalue weighted by Crippen LogP contribution is -2.18.